The first-order valence-electron chi connectivity index (χ1n) is 6.28. The molecular weight excluding hydrogens is 186 g/mol. The molecule has 2 aliphatic carbocycles. The average Bonchev–Trinajstić information content (AvgIpc) is 2.52. The molecule has 0 aromatic carbocycles. The highest BCUT2D eigenvalue weighted by Crippen LogP contribution is 2.69. The van der Waals surface area contributed by atoms with Crippen LogP contribution in [-0.4, -0.2) is 18.3 Å². The fourth-order valence-corrected chi connectivity index (χ4v) is 4.34. The van der Waals surface area contributed by atoms with Crippen LogP contribution in [0.3, 0.4) is 0 Å². The van der Waals surface area contributed by atoms with Crippen molar-refractivity contribution in [2.75, 3.05) is 13.2 Å². The van der Waals surface area contributed by atoms with E-state index in [1.54, 1.807) is 0 Å². The maximum absolute atomic E-state index is 9.42. The third-order valence-corrected chi connectivity index (χ3v) is 5.97. The first kappa shape index (κ1) is 11.4. The van der Waals surface area contributed by atoms with Gasteiger partial charge in [-0.25, -0.2) is 0 Å². The van der Waals surface area contributed by atoms with Crippen LogP contribution in [0.5, 0.6) is 0 Å². The van der Waals surface area contributed by atoms with Crippen LogP contribution >= 0.6 is 0 Å². The summed E-state index contributed by atoms with van der Waals surface area (Å²) in [6, 6.07) is 0. The van der Waals surface area contributed by atoms with Crippen molar-refractivity contribution in [2.45, 2.75) is 40.0 Å². The van der Waals surface area contributed by atoms with Gasteiger partial charge in [0.05, 0.1) is 0 Å². The Bertz CT molecular complexity index is 247. The van der Waals surface area contributed by atoms with Crippen molar-refractivity contribution in [1.29, 1.82) is 0 Å². The van der Waals surface area contributed by atoms with Gasteiger partial charge >= 0.3 is 0 Å². The van der Waals surface area contributed by atoms with E-state index in [1.165, 1.54) is 19.3 Å². The molecule has 88 valence electrons. The Hall–Kier alpha value is -0.0800. The lowest BCUT2D eigenvalue weighted by atomic mass is 9.63. The Balaban J connectivity index is 2.25. The van der Waals surface area contributed by atoms with Gasteiger partial charge in [-0.15, -0.1) is 0 Å². The smallest absolute Gasteiger partial charge is 0.0474 e. The monoisotopic (exact) mass is 211 g/mol. The summed E-state index contributed by atoms with van der Waals surface area (Å²) in [5, 5.41) is 9.42. The van der Waals surface area contributed by atoms with E-state index in [0.717, 1.165) is 5.92 Å². The van der Waals surface area contributed by atoms with E-state index in [2.05, 4.69) is 20.8 Å². The summed E-state index contributed by atoms with van der Waals surface area (Å²) in [5.41, 5.74) is 6.63. The normalized spacial score (nSPS) is 44.6. The summed E-state index contributed by atoms with van der Waals surface area (Å²) in [6.45, 7) is 8.15. The van der Waals surface area contributed by atoms with Crippen LogP contribution in [0.2, 0.25) is 0 Å². The predicted octanol–water partition coefficient (Wildman–Crippen LogP) is 2.02. The molecule has 0 radical (unpaired) electrons. The van der Waals surface area contributed by atoms with E-state index < -0.39 is 0 Å². The Morgan fingerprint density at radius 1 is 1.40 bits per heavy atom. The second-order valence-corrected chi connectivity index (χ2v) is 6.40. The van der Waals surface area contributed by atoms with Crippen molar-refractivity contribution < 1.29 is 5.11 Å². The van der Waals surface area contributed by atoms with Gasteiger partial charge in [0.1, 0.15) is 0 Å². The molecule has 2 rings (SSSR count). The molecule has 4 atom stereocenters. The first-order valence-corrected chi connectivity index (χ1v) is 6.28. The molecule has 2 fully saturated rings. The topological polar surface area (TPSA) is 46.2 Å². The lowest BCUT2D eigenvalue weighted by Gasteiger charge is -2.42. The van der Waals surface area contributed by atoms with E-state index in [-0.39, 0.29) is 6.61 Å². The van der Waals surface area contributed by atoms with Crippen molar-refractivity contribution in [3.8, 4) is 0 Å². The maximum atomic E-state index is 9.42. The highest BCUT2D eigenvalue weighted by atomic mass is 16.3. The molecule has 15 heavy (non-hydrogen) atoms. The minimum absolute atomic E-state index is 0.263. The molecule has 2 nitrogen and oxygen atoms in total. The van der Waals surface area contributed by atoms with Crippen molar-refractivity contribution in [3.63, 3.8) is 0 Å². The molecule has 0 aromatic heterocycles. The molecule has 2 saturated carbocycles. The first-order chi connectivity index (χ1) is 6.97. The molecule has 2 bridgehead atoms. The van der Waals surface area contributed by atoms with Gasteiger partial charge in [-0.05, 0) is 54.4 Å². The van der Waals surface area contributed by atoms with Crippen molar-refractivity contribution in [2.24, 2.45) is 34.3 Å². The van der Waals surface area contributed by atoms with Crippen LogP contribution in [0.15, 0.2) is 0 Å². The standard InChI is InChI=1S/C13H25NO/c1-12(2)10-4-5-13(12,3)11(6-10)9(7-14)8-15/h9-11,15H,4-8,14H2,1-3H3/t9-,10+,11+,13+/m1/s1. The zero-order valence-electron chi connectivity index (χ0n) is 10.3. The van der Waals surface area contributed by atoms with Gasteiger partial charge in [-0.1, -0.05) is 20.8 Å². The fraction of sp³-hybridized carbons (Fsp3) is 1.00. The number of hydrogen-bond donors (Lipinski definition) is 2. The molecule has 2 heteroatoms. The van der Waals surface area contributed by atoms with Gasteiger partial charge in [0, 0.05) is 6.61 Å². The SMILES string of the molecule is CC1(C)[C@H]2CC[C@@]1(C)[C@H]([C@H](CN)CO)C2. The molecule has 0 spiro atoms. The third kappa shape index (κ3) is 1.31. The summed E-state index contributed by atoms with van der Waals surface area (Å²) >= 11 is 0. The Morgan fingerprint density at radius 2 is 2.07 bits per heavy atom. The van der Waals surface area contributed by atoms with Gasteiger partial charge < -0.3 is 10.8 Å². The number of rotatable bonds is 3. The maximum Gasteiger partial charge on any atom is 0.0474 e. The summed E-state index contributed by atoms with van der Waals surface area (Å²) in [6.07, 6.45) is 3.99. The van der Waals surface area contributed by atoms with Gasteiger partial charge in [0.25, 0.3) is 0 Å². The molecule has 2 aliphatic rings. The van der Waals surface area contributed by atoms with Crippen molar-refractivity contribution in [1.82, 2.24) is 0 Å². The highest BCUT2D eigenvalue weighted by Gasteiger charge is 2.62. The highest BCUT2D eigenvalue weighted by molar-refractivity contribution is 5.11. The number of aliphatic hydroxyl groups excluding tert-OH is 1. The zero-order valence-corrected chi connectivity index (χ0v) is 10.3. The fourth-order valence-electron chi connectivity index (χ4n) is 4.34. The van der Waals surface area contributed by atoms with E-state index in [4.69, 9.17) is 5.73 Å². The largest absolute Gasteiger partial charge is 0.396 e. The van der Waals surface area contributed by atoms with E-state index in [1.807, 2.05) is 0 Å². The molecule has 3 N–H and O–H groups in total. The van der Waals surface area contributed by atoms with Crippen LogP contribution < -0.4 is 5.73 Å². The lowest BCUT2D eigenvalue weighted by Crippen LogP contribution is -2.39. The van der Waals surface area contributed by atoms with Crippen LogP contribution in [0, 0.1) is 28.6 Å². The van der Waals surface area contributed by atoms with Gasteiger partial charge in [-0.3, -0.25) is 0 Å². The molecule has 0 aromatic rings. The van der Waals surface area contributed by atoms with Gasteiger partial charge in [-0.2, -0.15) is 0 Å². The quantitative estimate of drug-likeness (QED) is 0.750. The predicted molar refractivity (Wildman–Crippen MR) is 62.3 cm³/mol. The lowest BCUT2D eigenvalue weighted by molar-refractivity contribution is 0.0455. The second-order valence-electron chi connectivity index (χ2n) is 6.40. The Morgan fingerprint density at radius 3 is 2.40 bits per heavy atom. The zero-order chi connectivity index (χ0) is 11.3. The van der Waals surface area contributed by atoms with Gasteiger partial charge in [0.2, 0.25) is 0 Å². The Labute approximate surface area is 93.2 Å². The summed E-state index contributed by atoms with van der Waals surface area (Å²) in [4.78, 5) is 0. The van der Waals surface area contributed by atoms with E-state index in [9.17, 15) is 5.11 Å². The van der Waals surface area contributed by atoms with Crippen molar-refractivity contribution >= 4 is 0 Å². The van der Waals surface area contributed by atoms with Crippen molar-refractivity contribution in [3.05, 3.63) is 0 Å². The van der Waals surface area contributed by atoms with Crippen LogP contribution in [0.25, 0.3) is 0 Å². The molecule has 0 unspecified atom stereocenters. The van der Waals surface area contributed by atoms with E-state index in [0.29, 0.717) is 29.2 Å². The molecule has 0 amide bonds. The molecule has 0 saturated heterocycles. The molecule has 0 heterocycles. The summed E-state index contributed by atoms with van der Waals surface area (Å²) in [7, 11) is 0. The molecule has 0 aliphatic heterocycles. The third-order valence-electron chi connectivity index (χ3n) is 5.97. The van der Waals surface area contributed by atoms with Crippen LogP contribution in [0.1, 0.15) is 40.0 Å². The number of nitrogens with two attached hydrogens (primary N) is 1. The number of aliphatic hydroxyl groups is 1. The van der Waals surface area contributed by atoms with Crippen LogP contribution in [-0.2, 0) is 0 Å². The van der Waals surface area contributed by atoms with E-state index >= 15 is 0 Å². The average molecular weight is 211 g/mol. The molecular formula is C13H25NO. The summed E-state index contributed by atoms with van der Waals surface area (Å²) < 4.78 is 0. The Kier molecular flexibility index (Phi) is 2.63. The van der Waals surface area contributed by atoms with Gasteiger partial charge in [0.15, 0.2) is 0 Å². The second kappa shape index (κ2) is 3.46. The minimum atomic E-state index is 0.263. The summed E-state index contributed by atoms with van der Waals surface area (Å²) in [5.74, 6) is 1.81. The minimum Gasteiger partial charge on any atom is -0.396 e. The number of fused-ring (bicyclic) bond motifs is 2. The number of hydrogen-bond acceptors (Lipinski definition) is 2. The van der Waals surface area contributed by atoms with Crippen LogP contribution in [0.4, 0.5) is 0 Å².